The summed E-state index contributed by atoms with van der Waals surface area (Å²) in [6.45, 7) is 7.93. The van der Waals surface area contributed by atoms with Crippen LogP contribution in [0.4, 0.5) is 0 Å². The van der Waals surface area contributed by atoms with E-state index in [2.05, 4.69) is 23.4 Å². The fraction of sp³-hybridized carbons (Fsp3) is 0.875. The minimum atomic E-state index is -0.0406. The first-order valence-electron chi connectivity index (χ1n) is 8.41. The van der Waals surface area contributed by atoms with Crippen LogP contribution < -0.4 is 5.32 Å². The Morgan fingerprint density at radius 1 is 1.32 bits per heavy atom. The average Bonchev–Trinajstić information content (AvgIpc) is 2.54. The Bertz CT molecular complexity index is 342. The first-order valence-corrected chi connectivity index (χ1v) is 9.81. The molecule has 1 heterocycles. The Morgan fingerprint density at radius 3 is 2.64 bits per heavy atom. The molecule has 0 atom stereocenters. The van der Waals surface area contributed by atoms with Gasteiger partial charge in [0.2, 0.25) is 0 Å². The van der Waals surface area contributed by atoms with Gasteiger partial charge in [0.15, 0.2) is 5.96 Å². The van der Waals surface area contributed by atoms with E-state index in [4.69, 9.17) is 9.73 Å². The average molecular weight is 330 g/mol. The third-order valence-corrected chi connectivity index (χ3v) is 4.46. The maximum Gasteiger partial charge on any atom is 0.309 e. The largest absolute Gasteiger partial charge is 0.466 e. The van der Waals surface area contributed by atoms with Gasteiger partial charge in [0.05, 0.1) is 12.5 Å². The van der Waals surface area contributed by atoms with Gasteiger partial charge in [0, 0.05) is 26.2 Å². The van der Waals surface area contributed by atoms with Crippen LogP contribution in [0.2, 0.25) is 0 Å². The van der Waals surface area contributed by atoms with E-state index >= 15 is 0 Å². The van der Waals surface area contributed by atoms with Crippen molar-refractivity contribution < 1.29 is 9.53 Å². The lowest BCUT2D eigenvalue weighted by Gasteiger charge is -2.33. The van der Waals surface area contributed by atoms with Crippen molar-refractivity contribution in [2.45, 2.75) is 39.5 Å². The fourth-order valence-corrected chi connectivity index (χ4v) is 3.05. The number of aliphatic imine (C=N–C) groups is 1. The summed E-state index contributed by atoms with van der Waals surface area (Å²) in [5.74, 6) is 2.22. The van der Waals surface area contributed by atoms with E-state index in [0.29, 0.717) is 6.61 Å². The zero-order valence-electron chi connectivity index (χ0n) is 14.3. The number of carbonyl (C=O) groups is 1. The molecule has 1 saturated heterocycles. The first-order chi connectivity index (χ1) is 10.7. The van der Waals surface area contributed by atoms with Gasteiger partial charge in [-0.3, -0.25) is 9.79 Å². The van der Waals surface area contributed by atoms with Gasteiger partial charge in [0.25, 0.3) is 0 Å². The second-order valence-electron chi connectivity index (χ2n) is 5.45. The molecule has 1 aliphatic rings. The summed E-state index contributed by atoms with van der Waals surface area (Å²) in [6.07, 6.45) is 6.20. The first kappa shape index (κ1) is 19.1. The lowest BCUT2D eigenvalue weighted by Crippen LogP contribution is -2.46. The lowest BCUT2D eigenvalue weighted by atomic mass is 9.97. The van der Waals surface area contributed by atoms with Gasteiger partial charge in [-0.05, 0) is 51.5 Å². The minimum Gasteiger partial charge on any atom is -0.466 e. The summed E-state index contributed by atoms with van der Waals surface area (Å²) in [4.78, 5) is 18.8. The van der Waals surface area contributed by atoms with Crippen LogP contribution in [0.15, 0.2) is 4.99 Å². The Morgan fingerprint density at radius 2 is 2.05 bits per heavy atom. The van der Waals surface area contributed by atoms with E-state index in [-0.39, 0.29) is 11.9 Å². The third kappa shape index (κ3) is 6.90. The minimum absolute atomic E-state index is 0.0406. The zero-order valence-corrected chi connectivity index (χ0v) is 15.1. The predicted molar refractivity (Wildman–Crippen MR) is 94.5 cm³/mol. The van der Waals surface area contributed by atoms with Crippen molar-refractivity contribution in [2.24, 2.45) is 10.9 Å². The number of piperidine rings is 1. The van der Waals surface area contributed by atoms with E-state index in [0.717, 1.165) is 51.4 Å². The number of thioether (sulfide) groups is 1. The van der Waals surface area contributed by atoms with Crippen LogP contribution in [0.25, 0.3) is 0 Å². The molecule has 0 aromatic heterocycles. The number of hydrogen-bond acceptors (Lipinski definition) is 4. The van der Waals surface area contributed by atoms with Gasteiger partial charge in [-0.2, -0.15) is 11.8 Å². The zero-order chi connectivity index (χ0) is 16.2. The molecule has 5 nitrogen and oxygen atoms in total. The second-order valence-corrected chi connectivity index (χ2v) is 6.43. The SMILES string of the molecule is CCNC(=NCCCCSC)N1CCC(C(=O)OCC)CC1. The van der Waals surface area contributed by atoms with Crippen LogP contribution in [0.3, 0.4) is 0 Å². The van der Waals surface area contributed by atoms with Crippen LogP contribution >= 0.6 is 11.8 Å². The van der Waals surface area contributed by atoms with Crippen molar-refractivity contribution in [3.63, 3.8) is 0 Å². The van der Waals surface area contributed by atoms with Gasteiger partial charge in [-0.15, -0.1) is 0 Å². The van der Waals surface area contributed by atoms with Crippen molar-refractivity contribution in [1.29, 1.82) is 0 Å². The number of nitrogens with one attached hydrogen (secondary N) is 1. The Kier molecular flexibility index (Phi) is 10.1. The standard InChI is InChI=1S/C16H31N3O2S/c1-4-17-16(18-10-6-7-13-22-3)19-11-8-14(9-12-19)15(20)21-5-2/h14H,4-13H2,1-3H3,(H,17,18). The quantitative estimate of drug-likeness (QED) is 0.321. The Labute approximate surface area is 139 Å². The Balaban J connectivity index is 2.42. The molecule has 22 heavy (non-hydrogen) atoms. The molecule has 128 valence electrons. The van der Waals surface area contributed by atoms with Crippen molar-refractivity contribution in [3.05, 3.63) is 0 Å². The molecule has 0 radical (unpaired) electrons. The molecule has 0 aromatic carbocycles. The van der Waals surface area contributed by atoms with Gasteiger partial charge >= 0.3 is 5.97 Å². The molecule has 0 aromatic rings. The highest BCUT2D eigenvalue weighted by molar-refractivity contribution is 7.98. The molecule has 0 aliphatic carbocycles. The maximum atomic E-state index is 11.8. The predicted octanol–water partition coefficient (Wildman–Crippen LogP) is 2.37. The van der Waals surface area contributed by atoms with Crippen molar-refractivity contribution in [2.75, 3.05) is 44.8 Å². The molecule has 0 bridgehead atoms. The monoisotopic (exact) mass is 329 g/mol. The number of esters is 1. The van der Waals surface area contributed by atoms with E-state index in [1.54, 1.807) is 0 Å². The second kappa shape index (κ2) is 11.6. The molecule has 0 saturated carbocycles. The topological polar surface area (TPSA) is 53.9 Å². The van der Waals surface area contributed by atoms with Crippen LogP contribution in [0, 0.1) is 5.92 Å². The van der Waals surface area contributed by atoms with E-state index in [9.17, 15) is 4.79 Å². The van der Waals surface area contributed by atoms with Crippen molar-refractivity contribution in [1.82, 2.24) is 10.2 Å². The van der Waals surface area contributed by atoms with Crippen molar-refractivity contribution >= 4 is 23.7 Å². The highest BCUT2D eigenvalue weighted by Gasteiger charge is 2.27. The third-order valence-electron chi connectivity index (χ3n) is 3.77. The molecule has 6 heteroatoms. The fourth-order valence-electron chi connectivity index (χ4n) is 2.56. The maximum absolute atomic E-state index is 11.8. The molecule has 0 amide bonds. The van der Waals surface area contributed by atoms with Gasteiger partial charge in [-0.1, -0.05) is 0 Å². The van der Waals surface area contributed by atoms with Gasteiger partial charge < -0.3 is 15.0 Å². The lowest BCUT2D eigenvalue weighted by molar-refractivity contribution is -0.149. The van der Waals surface area contributed by atoms with Gasteiger partial charge in [0.1, 0.15) is 0 Å². The molecule has 0 unspecified atom stereocenters. The number of carbonyl (C=O) groups excluding carboxylic acids is 1. The molecule has 0 spiro atoms. The number of unbranched alkanes of at least 4 members (excludes halogenated alkanes) is 1. The van der Waals surface area contributed by atoms with Crippen LogP contribution in [0.5, 0.6) is 0 Å². The van der Waals surface area contributed by atoms with Crippen LogP contribution in [0.1, 0.15) is 39.5 Å². The molecule has 1 aliphatic heterocycles. The number of ether oxygens (including phenoxy) is 1. The molecule has 1 fully saturated rings. The smallest absolute Gasteiger partial charge is 0.309 e. The summed E-state index contributed by atoms with van der Waals surface area (Å²) in [5.41, 5.74) is 0. The van der Waals surface area contributed by atoms with Crippen molar-refractivity contribution in [3.8, 4) is 0 Å². The summed E-state index contributed by atoms with van der Waals surface area (Å²) in [7, 11) is 0. The highest BCUT2D eigenvalue weighted by atomic mass is 32.2. The molecular weight excluding hydrogens is 298 g/mol. The number of hydrogen-bond donors (Lipinski definition) is 1. The van der Waals surface area contributed by atoms with Gasteiger partial charge in [-0.25, -0.2) is 0 Å². The summed E-state index contributed by atoms with van der Waals surface area (Å²) >= 11 is 1.89. The number of nitrogens with zero attached hydrogens (tertiary/aromatic N) is 2. The van der Waals surface area contributed by atoms with E-state index in [1.165, 1.54) is 12.2 Å². The molecular formula is C16H31N3O2S. The molecule has 1 rings (SSSR count). The van der Waals surface area contributed by atoms with E-state index < -0.39 is 0 Å². The number of rotatable bonds is 8. The highest BCUT2D eigenvalue weighted by Crippen LogP contribution is 2.18. The molecule has 1 N–H and O–H groups in total. The Hall–Kier alpha value is -0.910. The van der Waals surface area contributed by atoms with Crippen LogP contribution in [-0.2, 0) is 9.53 Å². The van der Waals surface area contributed by atoms with E-state index in [1.807, 2.05) is 18.7 Å². The summed E-state index contributed by atoms with van der Waals surface area (Å²) in [6, 6.07) is 0. The number of likely N-dealkylation sites (tertiary alicyclic amines) is 1. The normalized spacial score (nSPS) is 16.7. The van der Waals surface area contributed by atoms with Crippen LogP contribution in [-0.4, -0.2) is 61.6 Å². The summed E-state index contributed by atoms with van der Waals surface area (Å²) in [5, 5.41) is 3.37. The number of guanidine groups is 1. The summed E-state index contributed by atoms with van der Waals surface area (Å²) < 4.78 is 5.12.